The van der Waals surface area contributed by atoms with Crippen molar-refractivity contribution in [3.63, 3.8) is 0 Å². The van der Waals surface area contributed by atoms with Gasteiger partial charge in [0.1, 0.15) is 17.4 Å². The summed E-state index contributed by atoms with van der Waals surface area (Å²) in [6, 6.07) is 17.6. The molecule has 7 nitrogen and oxygen atoms in total. The molecule has 3 N–H and O–H groups in total. The number of aromatic nitrogens is 1. The van der Waals surface area contributed by atoms with E-state index in [9.17, 15) is 14.3 Å². The number of pyridine rings is 1. The quantitative estimate of drug-likeness (QED) is 0.219. The lowest BCUT2D eigenvalue weighted by molar-refractivity contribution is -0.160. The average Bonchev–Trinajstić information content (AvgIpc) is 3.01. The van der Waals surface area contributed by atoms with E-state index < -0.39 is 17.7 Å². The lowest BCUT2D eigenvalue weighted by atomic mass is 9.85. The Balaban J connectivity index is 1.46. The van der Waals surface area contributed by atoms with E-state index in [0.717, 1.165) is 60.4 Å². The number of carboxylic acid groups (broad SMARTS) is 1. The van der Waals surface area contributed by atoms with Crippen LogP contribution in [0.2, 0.25) is 0 Å². The number of nitrogens with zero attached hydrogens (tertiary/aromatic N) is 2. The van der Waals surface area contributed by atoms with Gasteiger partial charge in [-0.05, 0) is 111 Å². The summed E-state index contributed by atoms with van der Waals surface area (Å²) in [4.78, 5) is 19.9. The van der Waals surface area contributed by atoms with E-state index in [2.05, 4.69) is 23.1 Å². The van der Waals surface area contributed by atoms with Gasteiger partial charge in [-0.25, -0.2) is 14.2 Å². The number of hydrogen-bond donors (Lipinski definition) is 2. The number of nitrogens with two attached hydrogens (primary N) is 1. The molecule has 0 radical (unpaired) electrons. The van der Waals surface area contributed by atoms with Gasteiger partial charge in [-0.2, -0.15) is 0 Å². The number of aliphatic carboxylic acids is 1. The van der Waals surface area contributed by atoms with E-state index in [-0.39, 0.29) is 5.82 Å². The molecular weight excluding hydrogens is 581 g/mol. The fraction of sp³-hybridized carbons (Fsp3) is 0.368. The molecule has 0 amide bonds. The second-order valence-corrected chi connectivity index (χ2v) is 13.4. The van der Waals surface area contributed by atoms with Crippen molar-refractivity contribution < 1.29 is 23.8 Å². The first-order chi connectivity index (χ1) is 21.9. The molecule has 3 aromatic carbocycles. The third-order valence-electron chi connectivity index (χ3n) is 8.97. The molecule has 2 aliphatic rings. The van der Waals surface area contributed by atoms with Gasteiger partial charge in [-0.15, -0.1) is 0 Å². The summed E-state index contributed by atoms with van der Waals surface area (Å²) in [5.41, 5.74) is 15.4. The van der Waals surface area contributed by atoms with Crippen LogP contribution in [0.25, 0.3) is 22.3 Å². The Kier molecular flexibility index (Phi) is 8.61. The lowest BCUT2D eigenvalue weighted by Crippen LogP contribution is -2.30. The Hall–Kier alpha value is -4.27. The van der Waals surface area contributed by atoms with E-state index >= 15 is 0 Å². The molecule has 0 unspecified atom stereocenters. The van der Waals surface area contributed by atoms with Gasteiger partial charge in [0.2, 0.25) is 0 Å². The molecule has 2 aliphatic heterocycles. The van der Waals surface area contributed by atoms with Crippen LogP contribution in [0.5, 0.6) is 5.75 Å². The molecule has 4 aromatic rings. The van der Waals surface area contributed by atoms with E-state index in [4.69, 9.17) is 20.2 Å². The summed E-state index contributed by atoms with van der Waals surface area (Å²) in [6.07, 6.45) is 1.35. The number of anilines is 1. The van der Waals surface area contributed by atoms with Crippen LogP contribution in [0.4, 0.5) is 10.2 Å². The summed E-state index contributed by atoms with van der Waals surface area (Å²) in [7, 11) is 0. The molecular formula is C38H42FN3O4. The highest BCUT2D eigenvalue weighted by molar-refractivity contribution is 5.95. The monoisotopic (exact) mass is 623 g/mol. The number of halogens is 1. The summed E-state index contributed by atoms with van der Waals surface area (Å²) in [5, 5.41) is 10.5. The topological polar surface area (TPSA) is 97.9 Å². The first-order valence-corrected chi connectivity index (χ1v) is 15.9. The van der Waals surface area contributed by atoms with Gasteiger partial charge < -0.3 is 20.3 Å². The Bertz CT molecular complexity index is 1810. The molecule has 0 fully saturated rings. The van der Waals surface area contributed by atoms with Crippen molar-refractivity contribution in [3.8, 4) is 28.0 Å². The average molecular weight is 624 g/mol. The summed E-state index contributed by atoms with van der Waals surface area (Å²) in [6.45, 7) is 12.1. The Morgan fingerprint density at radius 1 is 1.04 bits per heavy atom. The van der Waals surface area contributed by atoms with Gasteiger partial charge in [0, 0.05) is 42.0 Å². The highest BCUT2D eigenvalue weighted by Crippen LogP contribution is 2.45. The predicted molar refractivity (Wildman–Crippen MR) is 178 cm³/mol. The van der Waals surface area contributed by atoms with Gasteiger partial charge in [0.25, 0.3) is 0 Å². The maximum atomic E-state index is 14.2. The molecule has 0 saturated carbocycles. The van der Waals surface area contributed by atoms with Gasteiger partial charge in [0.05, 0.1) is 12.2 Å². The van der Waals surface area contributed by atoms with E-state index in [1.165, 1.54) is 17.2 Å². The van der Waals surface area contributed by atoms with E-state index in [0.29, 0.717) is 46.9 Å². The van der Waals surface area contributed by atoms with Gasteiger partial charge >= 0.3 is 5.97 Å². The molecule has 0 saturated heterocycles. The number of ether oxygens (including phenoxy) is 2. The van der Waals surface area contributed by atoms with E-state index in [1.54, 1.807) is 13.0 Å². The standard InChI is InChI=1S/C38H42FN3O4/c1-22-28(8-6-10-30(22)39)20-42-16-15-24-18-27(11-12-29(24)21-42)34-33(26-13-14-31-25(19-26)9-7-17-45-31)32(23(2)41-36(34)40)35(37(43)44)46-38(3,4)5/h6,8,10-14,18-19,35H,7,9,15-17,20-21H2,1-5H3,(H2,40,41)(H,43,44)/t35-/m0/s1. The molecule has 1 atom stereocenters. The van der Waals surface area contributed by atoms with Crippen molar-refractivity contribution in [1.82, 2.24) is 9.88 Å². The number of benzene rings is 3. The summed E-state index contributed by atoms with van der Waals surface area (Å²) >= 11 is 0. The van der Waals surface area contributed by atoms with Crippen LogP contribution >= 0.6 is 0 Å². The lowest BCUT2D eigenvalue weighted by Gasteiger charge is -2.31. The Morgan fingerprint density at radius 3 is 2.54 bits per heavy atom. The summed E-state index contributed by atoms with van der Waals surface area (Å²) < 4.78 is 26.3. The zero-order valence-corrected chi connectivity index (χ0v) is 27.2. The SMILES string of the molecule is Cc1nc(N)c(-c2ccc3c(c2)CCN(Cc2cccc(F)c2C)C3)c(-c2ccc3c(c2)CCCO3)c1[C@H](OC(C)(C)C)C(=O)O. The van der Waals surface area contributed by atoms with Gasteiger partial charge in [0.15, 0.2) is 6.10 Å². The minimum atomic E-state index is -1.26. The molecule has 240 valence electrons. The van der Waals surface area contributed by atoms with E-state index in [1.807, 2.05) is 52.0 Å². The number of nitrogen functional groups attached to an aromatic ring is 1. The molecule has 0 bridgehead atoms. The van der Waals surface area contributed by atoms with Crippen LogP contribution in [0.15, 0.2) is 54.6 Å². The predicted octanol–water partition coefficient (Wildman–Crippen LogP) is 7.58. The number of carbonyl (C=O) groups is 1. The third kappa shape index (κ3) is 6.37. The van der Waals surface area contributed by atoms with Crippen molar-refractivity contribution in [2.45, 2.75) is 78.7 Å². The molecule has 46 heavy (non-hydrogen) atoms. The first-order valence-electron chi connectivity index (χ1n) is 15.9. The molecule has 1 aromatic heterocycles. The second-order valence-electron chi connectivity index (χ2n) is 13.4. The highest BCUT2D eigenvalue weighted by Gasteiger charge is 2.34. The summed E-state index contributed by atoms with van der Waals surface area (Å²) in [5.74, 6) is -0.0749. The number of fused-ring (bicyclic) bond motifs is 2. The zero-order valence-electron chi connectivity index (χ0n) is 27.2. The smallest absolute Gasteiger partial charge is 0.337 e. The van der Waals surface area contributed by atoms with Crippen molar-refractivity contribution in [1.29, 1.82) is 0 Å². The molecule has 0 spiro atoms. The molecule has 8 heteroatoms. The number of aryl methyl sites for hydroxylation is 2. The van der Waals surface area contributed by atoms with Crippen molar-refractivity contribution in [3.05, 3.63) is 99.5 Å². The van der Waals surface area contributed by atoms with Crippen LogP contribution in [-0.2, 0) is 35.5 Å². The third-order valence-corrected chi connectivity index (χ3v) is 8.97. The Morgan fingerprint density at radius 2 is 1.78 bits per heavy atom. The number of rotatable bonds is 7. The normalized spacial score (nSPS) is 15.5. The number of hydrogen-bond acceptors (Lipinski definition) is 6. The second kappa shape index (κ2) is 12.5. The first kappa shape index (κ1) is 31.7. The zero-order chi connectivity index (χ0) is 32.7. The largest absolute Gasteiger partial charge is 0.493 e. The minimum absolute atomic E-state index is 0.177. The van der Waals surface area contributed by atoms with Crippen LogP contribution < -0.4 is 10.5 Å². The van der Waals surface area contributed by atoms with Crippen LogP contribution in [0.1, 0.15) is 72.4 Å². The van der Waals surface area contributed by atoms with Crippen molar-refractivity contribution >= 4 is 11.8 Å². The van der Waals surface area contributed by atoms with Crippen molar-refractivity contribution in [2.75, 3.05) is 18.9 Å². The van der Waals surface area contributed by atoms with Crippen molar-refractivity contribution in [2.24, 2.45) is 0 Å². The molecule has 6 rings (SSSR count). The van der Waals surface area contributed by atoms with Crippen LogP contribution in [0.3, 0.4) is 0 Å². The fourth-order valence-corrected chi connectivity index (χ4v) is 6.72. The van der Waals surface area contributed by atoms with Crippen LogP contribution in [-0.4, -0.2) is 39.7 Å². The van der Waals surface area contributed by atoms with Gasteiger partial charge in [-0.3, -0.25) is 4.90 Å². The van der Waals surface area contributed by atoms with Crippen LogP contribution in [0, 0.1) is 19.7 Å². The number of carboxylic acids is 1. The highest BCUT2D eigenvalue weighted by atomic mass is 19.1. The maximum Gasteiger partial charge on any atom is 0.337 e. The maximum absolute atomic E-state index is 14.2. The molecule has 3 heterocycles. The molecule has 0 aliphatic carbocycles. The Labute approximate surface area is 270 Å². The van der Waals surface area contributed by atoms with Gasteiger partial charge in [-0.1, -0.05) is 36.4 Å². The fourth-order valence-electron chi connectivity index (χ4n) is 6.72. The minimum Gasteiger partial charge on any atom is -0.493 e.